The van der Waals surface area contributed by atoms with Gasteiger partial charge in [-0.15, -0.1) is 0 Å². The van der Waals surface area contributed by atoms with E-state index < -0.39 is 5.54 Å². The van der Waals surface area contributed by atoms with Crippen molar-refractivity contribution in [1.29, 1.82) is 0 Å². The van der Waals surface area contributed by atoms with E-state index in [1.165, 1.54) is 6.07 Å². The molecule has 2 heterocycles. The van der Waals surface area contributed by atoms with Crippen LogP contribution in [0.15, 0.2) is 12.3 Å². The Labute approximate surface area is 82.1 Å². The Kier molecular flexibility index (Phi) is 2.25. The minimum Gasteiger partial charge on any atom is -0.377 e. The summed E-state index contributed by atoms with van der Waals surface area (Å²) in [5.74, 6) is -0.324. The molecule has 1 saturated heterocycles. The van der Waals surface area contributed by atoms with Crippen molar-refractivity contribution < 1.29 is 9.13 Å². The minimum absolute atomic E-state index is 0.320. The third kappa shape index (κ3) is 1.40. The molecular weight excluding hydrogens is 183 g/mol. The topological polar surface area (TPSA) is 48.1 Å². The number of hydrogen-bond donors (Lipinski definition) is 1. The third-order valence-electron chi connectivity index (χ3n) is 2.50. The van der Waals surface area contributed by atoms with Crippen molar-refractivity contribution in [3.63, 3.8) is 0 Å². The smallest absolute Gasteiger partial charge is 0.147 e. The first-order valence-corrected chi connectivity index (χ1v) is 4.67. The van der Waals surface area contributed by atoms with Crippen LogP contribution in [0.5, 0.6) is 0 Å². The predicted molar refractivity (Wildman–Crippen MR) is 50.3 cm³/mol. The highest BCUT2D eigenvalue weighted by atomic mass is 19.1. The van der Waals surface area contributed by atoms with Gasteiger partial charge in [-0.1, -0.05) is 6.92 Å². The summed E-state index contributed by atoms with van der Waals surface area (Å²) in [4.78, 5) is 4.06. The first kappa shape index (κ1) is 9.55. The lowest BCUT2D eigenvalue weighted by molar-refractivity contribution is -0.0607. The number of nitrogens with two attached hydrogens (primary N) is 1. The van der Waals surface area contributed by atoms with Crippen molar-refractivity contribution in [1.82, 2.24) is 4.98 Å². The molecule has 2 rings (SSSR count). The van der Waals surface area contributed by atoms with E-state index in [0.29, 0.717) is 18.9 Å². The maximum atomic E-state index is 13.6. The van der Waals surface area contributed by atoms with Gasteiger partial charge < -0.3 is 10.5 Å². The van der Waals surface area contributed by atoms with Crippen molar-refractivity contribution in [3.8, 4) is 0 Å². The number of aryl methyl sites for hydroxylation is 1. The van der Waals surface area contributed by atoms with Gasteiger partial charge in [0.05, 0.1) is 13.2 Å². The number of rotatable bonds is 2. The quantitative estimate of drug-likeness (QED) is 0.766. The van der Waals surface area contributed by atoms with Crippen LogP contribution in [0, 0.1) is 5.82 Å². The highest BCUT2D eigenvalue weighted by molar-refractivity contribution is 5.24. The average Bonchev–Trinajstić information content (AvgIpc) is 2.14. The van der Waals surface area contributed by atoms with Gasteiger partial charge in [-0.3, -0.25) is 4.98 Å². The summed E-state index contributed by atoms with van der Waals surface area (Å²) in [6, 6.07) is 1.50. The molecule has 1 aliphatic heterocycles. The Bertz CT molecular complexity index is 350. The number of nitrogens with zero attached hydrogens (tertiary/aromatic N) is 1. The zero-order valence-corrected chi connectivity index (χ0v) is 8.09. The minimum atomic E-state index is -0.712. The molecule has 0 aliphatic carbocycles. The lowest BCUT2D eigenvalue weighted by Gasteiger charge is -2.37. The summed E-state index contributed by atoms with van der Waals surface area (Å²) >= 11 is 0. The van der Waals surface area contributed by atoms with Gasteiger partial charge in [-0.05, 0) is 18.1 Å². The maximum Gasteiger partial charge on any atom is 0.147 e. The molecule has 0 atom stereocenters. The molecule has 0 bridgehead atoms. The van der Waals surface area contributed by atoms with Crippen LogP contribution in [0.4, 0.5) is 4.39 Å². The van der Waals surface area contributed by atoms with Crippen LogP contribution in [0.1, 0.15) is 18.2 Å². The lowest BCUT2D eigenvalue weighted by Crippen LogP contribution is -2.55. The fourth-order valence-electron chi connectivity index (χ4n) is 1.50. The Balaban J connectivity index is 2.35. The lowest BCUT2D eigenvalue weighted by atomic mass is 9.93. The summed E-state index contributed by atoms with van der Waals surface area (Å²) in [5.41, 5.74) is 6.38. The molecule has 14 heavy (non-hydrogen) atoms. The zero-order valence-electron chi connectivity index (χ0n) is 8.09. The van der Waals surface area contributed by atoms with E-state index in [4.69, 9.17) is 10.5 Å². The van der Waals surface area contributed by atoms with Crippen molar-refractivity contribution in [2.45, 2.75) is 18.9 Å². The standard InChI is InChI=1S/C10H13FN2O/c1-2-7-3-8(11)9(13-4-7)10(12)5-14-6-10/h3-4H,2,5-6,12H2,1H3. The summed E-state index contributed by atoms with van der Waals surface area (Å²) in [6.45, 7) is 2.66. The van der Waals surface area contributed by atoms with Gasteiger partial charge in [0.2, 0.25) is 0 Å². The number of hydrogen-bond acceptors (Lipinski definition) is 3. The van der Waals surface area contributed by atoms with E-state index in [2.05, 4.69) is 4.98 Å². The van der Waals surface area contributed by atoms with Crippen LogP contribution in [-0.4, -0.2) is 18.2 Å². The van der Waals surface area contributed by atoms with Crippen LogP contribution in [0.25, 0.3) is 0 Å². The molecule has 1 fully saturated rings. The van der Waals surface area contributed by atoms with E-state index in [-0.39, 0.29) is 5.82 Å². The Morgan fingerprint density at radius 2 is 2.36 bits per heavy atom. The molecule has 1 aliphatic rings. The Morgan fingerprint density at radius 3 is 2.79 bits per heavy atom. The van der Waals surface area contributed by atoms with Crippen molar-refractivity contribution in [3.05, 3.63) is 29.3 Å². The average molecular weight is 196 g/mol. The molecule has 0 unspecified atom stereocenters. The first-order chi connectivity index (χ1) is 6.65. The number of pyridine rings is 1. The summed E-state index contributed by atoms with van der Waals surface area (Å²) in [7, 11) is 0. The SMILES string of the molecule is CCc1cnc(C2(N)COC2)c(F)c1. The second-order valence-corrected chi connectivity index (χ2v) is 3.68. The van der Waals surface area contributed by atoms with Crippen LogP contribution >= 0.6 is 0 Å². The highest BCUT2D eigenvalue weighted by Crippen LogP contribution is 2.27. The number of aromatic nitrogens is 1. The number of halogens is 1. The van der Waals surface area contributed by atoms with Gasteiger partial charge in [0.1, 0.15) is 17.1 Å². The Hall–Kier alpha value is -1.00. The molecule has 3 nitrogen and oxygen atoms in total. The third-order valence-corrected chi connectivity index (χ3v) is 2.50. The first-order valence-electron chi connectivity index (χ1n) is 4.67. The second-order valence-electron chi connectivity index (χ2n) is 3.68. The fraction of sp³-hybridized carbons (Fsp3) is 0.500. The van der Waals surface area contributed by atoms with Gasteiger partial charge in [-0.2, -0.15) is 0 Å². The summed E-state index contributed by atoms with van der Waals surface area (Å²) in [5, 5.41) is 0. The van der Waals surface area contributed by atoms with Gasteiger partial charge in [0, 0.05) is 6.20 Å². The molecular formula is C10H13FN2O. The van der Waals surface area contributed by atoms with Crippen molar-refractivity contribution in [2.75, 3.05) is 13.2 Å². The van der Waals surface area contributed by atoms with Gasteiger partial charge in [0.15, 0.2) is 0 Å². The molecule has 0 spiro atoms. The van der Waals surface area contributed by atoms with E-state index in [9.17, 15) is 4.39 Å². The Morgan fingerprint density at radius 1 is 1.64 bits per heavy atom. The van der Waals surface area contributed by atoms with Gasteiger partial charge in [0.25, 0.3) is 0 Å². The molecule has 0 aromatic carbocycles. The zero-order chi connectivity index (χ0) is 10.2. The molecule has 1 aromatic rings. The fourth-order valence-corrected chi connectivity index (χ4v) is 1.50. The monoisotopic (exact) mass is 196 g/mol. The van der Waals surface area contributed by atoms with Gasteiger partial charge in [-0.25, -0.2) is 4.39 Å². The molecule has 2 N–H and O–H groups in total. The van der Waals surface area contributed by atoms with E-state index in [1.807, 2.05) is 6.92 Å². The van der Waals surface area contributed by atoms with E-state index >= 15 is 0 Å². The van der Waals surface area contributed by atoms with Gasteiger partial charge >= 0.3 is 0 Å². The predicted octanol–water partition coefficient (Wildman–Crippen LogP) is 0.967. The summed E-state index contributed by atoms with van der Waals surface area (Å²) in [6.07, 6.45) is 2.45. The van der Waals surface area contributed by atoms with Crippen LogP contribution in [0.3, 0.4) is 0 Å². The second kappa shape index (κ2) is 3.29. The largest absolute Gasteiger partial charge is 0.377 e. The van der Waals surface area contributed by atoms with Crippen LogP contribution in [-0.2, 0) is 16.7 Å². The van der Waals surface area contributed by atoms with Crippen molar-refractivity contribution >= 4 is 0 Å². The van der Waals surface area contributed by atoms with Crippen molar-refractivity contribution in [2.24, 2.45) is 5.73 Å². The molecule has 1 aromatic heterocycles. The van der Waals surface area contributed by atoms with Crippen LogP contribution in [0.2, 0.25) is 0 Å². The summed E-state index contributed by atoms with van der Waals surface area (Å²) < 4.78 is 18.5. The maximum absolute atomic E-state index is 13.6. The number of ether oxygens (including phenoxy) is 1. The normalized spacial score (nSPS) is 19.1. The van der Waals surface area contributed by atoms with E-state index in [0.717, 1.165) is 12.0 Å². The molecule has 4 heteroatoms. The van der Waals surface area contributed by atoms with Crippen LogP contribution < -0.4 is 5.73 Å². The molecule has 0 radical (unpaired) electrons. The van der Waals surface area contributed by atoms with E-state index in [1.54, 1.807) is 6.20 Å². The molecule has 0 amide bonds. The molecule has 76 valence electrons. The molecule has 0 saturated carbocycles. The highest BCUT2D eigenvalue weighted by Gasteiger charge is 2.39.